The molecule has 19 heavy (non-hydrogen) atoms. The maximum Gasteiger partial charge on any atom is 0.270 e. The molecule has 2 rings (SSSR count). The summed E-state index contributed by atoms with van der Waals surface area (Å²) in [6.45, 7) is 4.33. The average Bonchev–Trinajstić information content (AvgIpc) is 2.38. The Bertz CT molecular complexity index is 477. The van der Waals surface area contributed by atoms with E-state index in [1.165, 1.54) is 12.5 Å². The van der Waals surface area contributed by atoms with Crippen LogP contribution >= 0.6 is 0 Å². The van der Waals surface area contributed by atoms with Crippen LogP contribution in [0, 0.1) is 10.1 Å². The Kier molecular flexibility index (Phi) is 4.14. The number of rotatable bonds is 3. The van der Waals surface area contributed by atoms with Gasteiger partial charge in [0, 0.05) is 29.8 Å². The molecule has 0 amide bonds. The zero-order valence-electron chi connectivity index (χ0n) is 11.3. The Hall–Kier alpha value is -1.91. The third kappa shape index (κ3) is 3.30. The number of hydrazone groups is 1. The van der Waals surface area contributed by atoms with Crippen molar-refractivity contribution in [3.05, 3.63) is 39.9 Å². The zero-order valence-corrected chi connectivity index (χ0v) is 11.3. The van der Waals surface area contributed by atoms with Gasteiger partial charge in [-0.05, 0) is 33.1 Å². The summed E-state index contributed by atoms with van der Waals surface area (Å²) in [7, 11) is 0. The second kappa shape index (κ2) is 5.82. The van der Waals surface area contributed by atoms with Gasteiger partial charge in [-0.25, -0.2) is 0 Å². The minimum atomic E-state index is -0.385. The second-order valence-corrected chi connectivity index (χ2v) is 5.11. The van der Waals surface area contributed by atoms with Crippen LogP contribution in [0.4, 0.5) is 5.69 Å². The van der Waals surface area contributed by atoms with Gasteiger partial charge < -0.3 is 0 Å². The van der Waals surface area contributed by atoms with Gasteiger partial charge in [-0.1, -0.05) is 12.1 Å². The Labute approximate surface area is 113 Å². The number of non-ortho nitro benzene ring substituents is 1. The number of hydrogen-bond donors (Lipinski definition) is 0. The zero-order chi connectivity index (χ0) is 13.8. The molecule has 1 heterocycles. The van der Waals surface area contributed by atoms with Crippen LogP contribution in [0.1, 0.15) is 38.7 Å². The molecule has 1 fully saturated rings. The molecular weight excluding hydrogens is 242 g/mol. The molecule has 1 aromatic rings. The highest BCUT2D eigenvalue weighted by atomic mass is 16.6. The van der Waals surface area contributed by atoms with Crippen molar-refractivity contribution in [1.82, 2.24) is 5.01 Å². The van der Waals surface area contributed by atoms with Gasteiger partial charge in [0.1, 0.15) is 0 Å². The highest BCUT2D eigenvalue weighted by Gasteiger charge is 2.22. The number of piperidine rings is 1. The molecule has 1 aliphatic rings. The van der Waals surface area contributed by atoms with Gasteiger partial charge in [-0.3, -0.25) is 15.1 Å². The molecule has 1 saturated heterocycles. The van der Waals surface area contributed by atoms with Gasteiger partial charge in [0.2, 0.25) is 0 Å². The molecule has 2 atom stereocenters. The van der Waals surface area contributed by atoms with E-state index in [0.717, 1.165) is 18.4 Å². The van der Waals surface area contributed by atoms with Crippen molar-refractivity contribution < 1.29 is 4.92 Å². The number of benzene rings is 1. The molecule has 0 unspecified atom stereocenters. The lowest BCUT2D eigenvalue weighted by Gasteiger charge is -2.36. The van der Waals surface area contributed by atoms with Crippen LogP contribution in [0.2, 0.25) is 0 Å². The van der Waals surface area contributed by atoms with Crippen molar-refractivity contribution in [1.29, 1.82) is 0 Å². The summed E-state index contributed by atoms with van der Waals surface area (Å²) in [5, 5.41) is 17.3. The molecule has 0 saturated carbocycles. The van der Waals surface area contributed by atoms with Crippen LogP contribution in [0.25, 0.3) is 0 Å². The molecule has 0 bridgehead atoms. The fourth-order valence-electron chi connectivity index (χ4n) is 2.49. The first-order valence-corrected chi connectivity index (χ1v) is 6.64. The van der Waals surface area contributed by atoms with E-state index in [9.17, 15) is 10.1 Å². The SMILES string of the molecule is C[C@@H]1CCC[C@H](C)N1/N=C\c1cccc([N+](=O)[O-])c1. The fraction of sp³-hybridized carbons (Fsp3) is 0.500. The van der Waals surface area contributed by atoms with E-state index in [2.05, 4.69) is 24.0 Å². The maximum atomic E-state index is 10.7. The Balaban J connectivity index is 2.13. The number of nitro groups is 1. The number of hydrogen-bond acceptors (Lipinski definition) is 4. The predicted molar refractivity (Wildman–Crippen MR) is 75.3 cm³/mol. The molecular formula is C14H19N3O2. The van der Waals surface area contributed by atoms with Crippen molar-refractivity contribution in [2.45, 2.75) is 45.2 Å². The molecule has 0 aliphatic carbocycles. The molecule has 0 N–H and O–H groups in total. The third-order valence-electron chi connectivity index (χ3n) is 3.57. The average molecular weight is 261 g/mol. The Morgan fingerprint density at radius 3 is 2.68 bits per heavy atom. The fourth-order valence-corrected chi connectivity index (χ4v) is 2.49. The largest absolute Gasteiger partial charge is 0.292 e. The van der Waals surface area contributed by atoms with Crippen LogP contribution in [0.15, 0.2) is 29.4 Å². The smallest absolute Gasteiger partial charge is 0.270 e. The van der Waals surface area contributed by atoms with Gasteiger partial charge in [-0.2, -0.15) is 5.10 Å². The van der Waals surface area contributed by atoms with Crippen LogP contribution in [-0.2, 0) is 0 Å². The molecule has 102 valence electrons. The van der Waals surface area contributed by atoms with Gasteiger partial charge in [0.15, 0.2) is 0 Å². The molecule has 0 radical (unpaired) electrons. The van der Waals surface area contributed by atoms with Crippen LogP contribution in [-0.4, -0.2) is 28.2 Å². The Morgan fingerprint density at radius 2 is 2.05 bits per heavy atom. The number of nitro benzene ring substituents is 1. The summed E-state index contributed by atoms with van der Waals surface area (Å²) in [4.78, 5) is 10.3. The molecule has 1 aromatic carbocycles. The van der Waals surface area contributed by atoms with Crippen molar-refractivity contribution in [3.8, 4) is 0 Å². The van der Waals surface area contributed by atoms with Crippen molar-refractivity contribution in [2.24, 2.45) is 5.10 Å². The molecule has 0 aromatic heterocycles. The highest BCUT2D eigenvalue weighted by molar-refractivity contribution is 5.80. The summed E-state index contributed by atoms with van der Waals surface area (Å²) in [6.07, 6.45) is 5.25. The summed E-state index contributed by atoms with van der Waals surface area (Å²) in [5.41, 5.74) is 0.864. The molecule has 5 heteroatoms. The van der Waals surface area contributed by atoms with Crippen molar-refractivity contribution in [2.75, 3.05) is 0 Å². The minimum Gasteiger partial charge on any atom is -0.292 e. The summed E-state index contributed by atoms with van der Waals surface area (Å²) >= 11 is 0. The van der Waals surface area contributed by atoms with E-state index < -0.39 is 0 Å². The molecule has 5 nitrogen and oxygen atoms in total. The highest BCUT2D eigenvalue weighted by Crippen LogP contribution is 2.22. The maximum absolute atomic E-state index is 10.7. The van der Waals surface area contributed by atoms with Crippen molar-refractivity contribution >= 4 is 11.9 Å². The monoisotopic (exact) mass is 261 g/mol. The van der Waals surface area contributed by atoms with E-state index in [-0.39, 0.29) is 10.6 Å². The van der Waals surface area contributed by atoms with Gasteiger partial charge in [-0.15, -0.1) is 0 Å². The van der Waals surface area contributed by atoms with Crippen molar-refractivity contribution in [3.63, 3.8) is 0 Å². The van der Waals surface area contributed by atoms with Crippen LogP contribution in [0.3, 0.4) is 0 Å². The van der Waals surface area contributed by atoms with Gasteiger partial charge in [0.05, 0.1) is 11.1 Å². The topological polar surface area (TPSA) is 58.7 Å². The van der Waals surface area contributed by atoms with E-state index in [4.69, 9.17) is 0 Å². The van der Waals surface area contributed by atoms with Crippen LogP contribution < -0.4 is 0 Å². The summed E-state index contributed by atoms with van der Waals surface area (Å²) in [5.74, 6) is 0. The third-order valence-corrected chi connectivity index (χ3v) is 3.57. The van der Waals surface area contributed by atoms with E-state index >= 15 is 0 Å². The predicted octanol–water partition coefficient (Wildman–Crippen LogP) is 3.19. The van der Waals surface area contributed by atoms with E-state index in [1.54, 1.807) is 18.3 Å². The standard InChI is InChI=1S/C14H19N3O2/c1-11-5-3-6-12(2)16(11)15-10-13-7-4-8-14(9-13)17(18)19/h4,7-12H,3,5-6H2,1-2H3/b15-10-/t11-,12+. The summed E-state index contributed by atoms with van der Waals surface area (Å²) < 4.78 is 0. The quantitative estimate of drug-likeness (QED) is 0.477. The number of nitrogens with zero attached hydrogens (tertiary/aromatic N) is 3. The molecule has 0 spiro atoms. The lowest BCUT2D eigenvalue weighted by molar-refractivity contribution is -0.384. The normalized spacial score (nSPS) is 23.8. The first-order chi connectivity index (χ1) is 9.08. The van der Waals surface area contributed by atoms with Gasteiger partial charge >= 0.3 is 0 Å². The Morgan fingerprint density at radius 1 is 1.37 bits per heavy atom. The van der Waals surface area contributed by atoms with E-state index in [0.29, 0.717) is 12.1 Å². The lowest BCUT2D eigenvalue weighted by Crippen LogP contribution is -2.39. The minimum absolute atomic E-state index is 0.101. The second-order valence-electron chi connectivity index (χ2n) is 5.11. The van der Waals surface area contributed by atoms with Crippen LogP contribution in [0.5, 0.6) is 0 Å². The summed E-state index contributed by atoms with van der Waals surface area (Å²) in [6, 6.07) is 7.40. The van der Waals surface area contributed by atoms with Gasteiger partial charge in [0.25, 0.3) is 5.69 Å². The first-order valence-electron chi connectivity index (χ1n) is 6.64. The van der Waals surface area contributed by atoms with E-state index in [1.807, 2.05) is 6.07 Å². The lowest BCUT2D eigenvalue weighted by atomic mass is 10.00. The molecule has 1 aliphatic heterocycles. The first kappa shape index (κ1) is 13.5.